The fourth-order valence-electron chi connectivity index (χ4n) is 2.85. The van der Waals surface area contributed by atoms with Crippen LogP contribution in [0.2, 0.25) is 18.1 Å². The molecule has 29 heavy (non-hydrogen) atoms. The Balaban J connectivity index is 1.62. The lowest BCUT2D eigenvalue weighted by Crippen LogP contribution is -2.40. The monoisotopic (exact) mass is 410 g/mol. The zero-order valence-corrected chi connectivity index (χ0v) is 20.0. The van der Waals surface area contributed by atoms with Crippen LogP contribution in [0, 0.1) is 0 Å². The number of hydrogen-bond donors (Lipinski definition) is 0. The summed E-state index contributed by atoms with van der Waals surface area (Å²) in [5.74, 6) is 0.927. The van der Waals surface area contributed by atoms with E-state index in [-0.39, 0.29) is 0 Å². The molecule has 0 saturated heterocycles. The van der Waals surface area contributed by atoms with Gasteiger partial charge in [-0.25, -0.2) is 0 Å². The number of ether oxygens (including phenoxy) is 1. The molecule has 0 unspecified atom stereocenters. The largest absolute Gasteiger partial charge is 0.494 e. The van der Waals surface area contributed by atoms with Crippen LogP contribution in [0.15, 0.2) is 61.2 Å². The van der Waals surface area contributed by atoms with E-state index < -0.39 is 8.32 Å². The highest BCUT2D eigenvalue weighted by atomic mass is 28.4. The summed E-state index contributed by atoms with van der Waals surface area (Å²) in [6.07, 6.45) is 4.61. The van der Waals surface area contributed by atoms with Gasteiger partial charge in [-0.1, -0.05) is 76.2 Å². The van der Waals surface area contributed by atoms with Gasteiger partial charge in [-0.2, -0.15) is 0 Å². The first-order valence-electron chi connectivity index (χ1n) is 10.8. The van der Waals surface area contributed by atoms with Gasteiger partial charge in [-0.3, -0.25) is 0 Å². The van der Waals surface area contributed by atoms with E-state index in [1.54, 1.807) is 0 Å². The highest BCUT2D eigenvalue weighted by molar-refractivity contribution is 6.74. The molecule has 2 nitrogen and oxygen atoms in total. The molecule has 0 N–H and O–H groups in total. The van der Waals surface area contributed by atoms with Gasteiger partial charge in [-0.05, 0) is 66.2 Å². The summed E-state index contributed by atoms with van der Waals surface area (Å²) in [5.41, 5.74) is 3.32. The van der Waals surface area contributed by atoms with Crippen LogP contribution in [0.5, 0.6) is 5.75 Å². The summed E-state index contributed by atoms with van der Waals surface area (Å²) < 4.78 is 12.1. The van der Waals surface area contributed by atoms with Crippen molar-refractivity contribution >= 4 is 13.9 Å². The van der Waals surface area contributed by atoms with Crippen LogP contribution in [0.25, 0.3) is 5.57 Å². The standard InChI is InChI=1S/C26H38O2Si/c1-22(23-14-10-9-11-15-23)24-16-18-25(19-17-24)27-20-12-7-8-13-21-28-29(5,6)26(2,3)4/h9-11,14-19H,1,7-8,12-13,20-21H2,2-6H3. The third-order valence-electron chi connectivity index (χ3n) is 5.90. The van der Waals surface area contributed by atoms with Crippen LogP contribution in [0.3, 0.4) is 0 Å². The van der Waals surface area contributed by atoms with Crippen LogP contribution < -0.4 is 4.74 Å². The summed E-state index contributed by atoms with van der Waals surface area (Å²) in [7, 11) is -1.59. The maximum Gasteiger partial charge on any atom is 0.191 e. The molecule has 0 atom stereocenters. The van der Waals surface area contributed by atoms with Gasteiger partial charge >= 0.3 is 0 Å². The van der Waals surface area contributed by atoms with Crippen molar-refractivity contribution in [1.82, 2.24) is 0 Å². The molecule has 3 heteroatoms. The first kappa shape index (κ1) is 23.4. The summed E-state index contributed by atoms with van der Waals surface area (Å²) in [5, 5.41) is 0.295. The van der Waals surface area contributed by atoms with E-state index in [0.29, 0.717) is 5.04 Å². The van der Waals surface area contributed by atoms with Crippen LogP contribution in [-0.4, -0.2) is 21.5 Å². The Hall–Kier alpha value is -1.84. The summed E-state index contributed by atoms with van der Waals surface area (Å²) in [6.45, 7) is 17.4. The molecular formula is C26H38O2Si. The normalized spacial score (nSPS) is 12.0. The zero-order valence-electron chi connectivity index (χ0n) is 19.0. The Labute approximate surface area is 179 Å². The maximum absolute atomic E-state index is 6.23. The lowest BCUT2D eigenvalue weighted by atomic mass is 10.00. The lowest BCUT2D eigenvalue weighted by Gasteiger charge is -2.36. The first-order valence-corrected chi connectivity index (χ1v) is 13.7. The smallest absolute Gasteiger partial charge is 0.191 e. The molecule has 0 heterocycles. The predicted octanol–water partition coefficient (Wildman–Crippen LogP) is 7.71. The minimum Gasteiger partial charge on any atom is -0.494 e. The average Bonchev–Trinajstić information content (AvgIpc) is 2.69. The van der Waals surface area contributed by atoms with E-state index in [1.165, 1.54) is 12.8 Å². The zero-order chi connectivity index (χ0) is 21.3. The van der Waals surface area contributed by atoms with Gasteiger partial charge in [-0.15, -0.1) is 0 Å². The number of unbranched alkanes of at least 4 members (excludes halogenated alkanes) is 3. The van der Waals surface area contributed by atoms with Crippen molar-refractivity contribution in [1.29, 1.82) is 0 Å². The molecule has 0 aromatic heterocycles. The third-order valence-corrected chi connectivity index (χ3v) is 10.4. The van der Waals surface area contributed by atoms with Crippen molar-refractivity contribution in [3.8, 4) is 5.75 Å². The Morgan fingerprint density at radius 2 is 1.34 bits per heavy atom. The van der Waals surface area contributed by atoms with Crippen LogP contribution in [-0.2, 0) is 4.43 Å². The van der Waals surface area contributed by atoms with Crippen LogP contribution in [0.4, 0.5) is 0 Å². The number of rotatable bonds is 11. The molecule has 0 radical (unpaired) electrons. The highest BCUT2D eigenvalue weighted by Crippen LogP contribution is 2.36. The number of hydrogen-bond acceptors (Lipinski definition) is 2. The van der Waals surface area contributed by atoms with Gasteiger partial charge < -0.3 is 9.16 Å². The quantitative estimate of drug-likeness (QED) is 0.279. The van der Waals surface area contributed by atoms with Gasteiger partial charge in [0.25, 0.3) is 0 Å². The van der Waals surface area contributed by atoms with Gasteiger partial charge in [0, 0.05) is 6.61 Å². The van der Waals surface area contributed by atoms with E-state index in [9.17, 15) is 0 Å². The summed E-state index contributed by atoms with van der Waals surface area (Å²) >= 11 is 0. The van der Waals surface area contributed by atoms with E-state index in [0.717, 1.165) is 48.5 Å². The Bertz CT molecular complexity index is 743. The van der Waals surface area contributed by atoms with Crippen molar-refractivity contribution < 1.29 is 9.16 Å². The minimum atomic E-state index is -1.59. The Morgan fingerprint density at radius 1 is 0.793 bits per heavy atom. The molecule has 2 aromatic rings. The second kappa shape index (κ2) is 10.8. The average molecular weight is 411 g/mol. The lowest BCUT2D eigenvalue weighted by molar-refractivity contribution is 0.270. The van der Waals surface area contributed by atoms with Gasteiger partial charge in [0.05, 0.1) is 6.61 Å². The Kier molecular flexibility index (Phi) is 8.73. The van der Waals surface area contributed by atoms with Crippen LogP contribution in [0.1, 0.15) is 57.6 Å². The van der Waals surface area contributed by atoms with E-state index in [2.05, 4.69) is 64.7 Å². The molecule has 2 rings (SSSR count). The van der Waals surface area contributed by atoms with Gasteiger partial charge in [0.1, 0.15) is 5.75 Å². The molecule has 0 aliphatic heterocycles. The molecule has 0 saturated carbocycles. The topological polar surface area (TPSA) is 18.5 Å². The Morgan fingerprint density at radius 3 is 1.93 bits per heavy atom. The summed E-state index contributed by atoms with van der Waals surface area (Å²) in [4.78, 5) is 0. The van der Waals surface area contributed by atoms with Crippen molar-refractivity contribution in [2.75, 3.05) is 13.2 Å². The van der Waals surface area contributed by atoms with E-state index in [1.807, 2.05) is 30.3 Å². The van der Waals surface area contributed by atoms with Crippen molar-refractivity contribution in [3.63, 3.8) is 0 Å². The van der Waals surface area contributed by atoms with Gasteiger partial charge in [0.15, 0.2) is 8.32 Å². The molecule has 0 aliphatic rings. The second-order valence-corrected chi connectivity index (χ2v) is 14.0. The molecule has 0 aliphatic carbocycles. The fraction of sp³-hybridized carbons (Fsp3) is 0.462. The van der Waals surface area contributed by atoms with Crippen molar-refractivity contribution in [3.05, 3.63) is 72.3 Å². The van der Waals surface area contributed by atoms with Gasteiger partial charge in [0.2, 0.25) is 0 Å². The van der Waals surface area contributed by atoms with Crippen molar-refractivity contribution in [2.45, 2.75) is 64.6 Å². The molecule has 2 aromatic carbocycles. The van der Waals surface area contributed by atoms with E-state index in [4.69, 9.17) is 9.16 Å². The summed E-state index contributed by atoms with van der Waals surface area (Å²) in [6, 6.07) is 18.5. The van der Waals surface area contributed by atoms with E-state index >= 15 is 0 Å². The molecule has 0 spiro atoms. The molecule has 0 bridgehead atoms. The first-order chi connectivity index (χ1) is 13.7. The minimum absolute atomic E-state index is 0.295. The number of benzene rings is 2. The second-order valence-electron chi connectivity index (χ2n) is 9.24. The third kappa shape index (κ3) is 7.49. The maximum atomic E-state index is 6.23. The molecule has 0 amide bonds. The molecule has 0 fully saturated rings. The molecular weight excluding hydrogens is 372 g/mol. The predicted molar refractivity (Wildman–Crippen MR) is 128 cm³/mol. The van der Waals surface area contributed by atoms with Crippen LogP contribution >= 0.6 is 0 Å². The molecule has 158 valence electrons. The fourth-order valence-corrected chi connectivity index (χ4v) is 3.94. The highest BCUT2D eigenvalue weighted by Gasteiger charge is 2.36. The van der Waals surface area contributed by atoms with Crippen molar-refractivity contribution in [2.24, 2.45) is 0 Å². The SMILES string of the molecule is C=C(c1ccccc1)c1ccc(OCCCCCCO[Si](C)(C)C(C)(C)C)cc1.